The van der Waals surface area contributed by atoms with Crippen molar-refractivity contribution in [2.75, 3.05) is 14.2 Å². The van der Waals surface area contributed by atoms with Crippen molar-refractivity contribution in [3.05, 3.63) is 48.0 Å². The maximum absolute atomic E-state index is 11.0. The number of nitrogens with zero attached hydrogens (tertiary/aromatic N) is 2. The first kappa shape index (κ1) is 20.3. The Balaban J connectivity index is 0.000000257. The molecule has 1 heterocycles. The van der Waals surface area contributed by atoms with E-state index in [1.165, 1.54) is 26.4 Å². The summed E-state index contributed by atoms with van der Waals surface area (Å²) in [4.78, 5) is 21.5. The molecule has 136 valence electrons. The van der Waals surface area contributed by atoms with Gasteiger partial charge < -0.3 is 14.0 Å². The minimum atomic E-state index is -4.45. The molecule has 0 amide bonds. The molecule has 0 aliphatic heterocycles. The van der Waals surface area contributed by atoms with Crippen LogP contribution in [0.25, 0.3) is 0 Å². The maximum atomic E-state index is 11.0. The lowest BCUT2D eigenvalue weighted by Gasteiger charge is -2.06. The Morgan fingerprint density at radius 2 is 1.60 bits per heavy atom. The summed E-state index contributed by atoms with van der Waals surface area (Å²) in [5.74, 6) is -0.895. The lowest BCUT2D eigenvalue weighted by Crippen LogP contribution is -2.23. The van der Waals surface area contributed by atoms with Gasteiger partial charge in [0.05, 0.1) is 38.8 Å². The fraction of sp³-hybridized carbons (Fsp3) is 0.267. The SMILES string of the molecule is COC(=O)c1c[n+](C)cn1C.COC(=O)c1ccc(S(=O)(=O)[O-])cc1. The molecule has 10 heteroatoms. The number of rotatable bonds is 3. The Bertz CT molecular complexity index is 855. The Kier molecular flexibility index (Phi) is 6.83. The van der Waals surface area contributed by atoms with Gasteiger partial charge in [-0.3, -0.25) is 0 Å². The zero-order valence-electron chi connectivity index (χ0n) is 14.1. The van der Waals surface area contributed by atoms with E-state index in [0.717, 1.165) is 12.1 Å². The molecule has 0 aliphatic rings. The van der Waals surface area contributed by atoms with Crippen molar-refractivity contribution in [3.8, 4) is 0 Å². The Hall–Kier alpha value is -2.72. The Morgan fingerprint density at radius 3 is 1.96 bits per heavy atom. The lowest BCUT2D eigenvalue weighted by molar-refractivity contribution is -0.671. The number of hydrogen-bond donors (Lipinski definition) is 0. The molecule has 9 nitrogen and oxygen atoms in total. The van der Waals surface area contributed by atoms with Crippen LogP contribution in [-0.4, -0.2) is 43.7 Å². The highest BCUT2D eigenvalue weighted by Crippen LogP contribution is 2.10. The van der Waals surface area contributed by atoms with E-state index < -0.39 is 16.1 Å². The second-order valence-corrected chi connectivity index (χ2v) is 6.25. The minimum absolute atomic E-state index is 0.194. The summed E-state index contributed by atoms with van der Waals surface area (Å²) in [6.45, 7) is 0. The molecular weight excluding hydrogens is 352 g/mol. The number of benzene rings is 1. The number of methoxy groups -OCH3 is 2. The number of carbonyl (C=O) groups excluding carboxylic acids is 2. The number of aromatic nitrogens is 2. The van der Waals surface area contributed by atoms with Crippen LogP contribution in [0, 0.1) is 0 Å². The van der Waals surface area contributed by atoms with Gasteiger partial charge in [-0.2, -0.15) is 0 Å². The molecule has 0 fully saturated rings. The fourth-order valence-electron chi connectivity index (χ4n) is 1.83. The quantitative estimate of drug-likeness (QED) is 0.424. The normalized spacial score (nSPS) is 10.4. The van der Waals surface area contributed by atoms with Gasteiger partial charge >= 0.3 is 11.9 Å². The molecule has 0 spiro atoms. The molecule has 0 saturated heterocycles. The molecule has 2 rings (SSSR count). The number of ether oxygens (including phenoxy) is 2. The zero-order chi connectivity index (χ0) is 19.2. The third-order valence-electron chi connectivity index (χ3n) is 3.02. The second-order valence-electron chi connectivity index (χ2n) is 4.87. The van der Waals surface area contributed by atoms with Gasteiger partial charge in [-0.25, -0.2) is 27.1 Å². The van der Waals surface area contributed by atoms with Crippen LogP contribution in [0.2, 0.25) is 0 Å². The lowest BCUT2D eigenvalue weighted by atomic mass is 10.2. The van der Waals surface area contributed by atoms with Crippen LogP contribution >= 0.6 is 0 Å². The summed E-state index contributed by atoms with van der Waals surface area (Å²) >= 11 is 0. The summed E-state index contributed by atoms with van der Waals surface area (Å²) in [5, 5.41) is 0. The smallest absolute Gasteiger partial charge is 0.382 e. The van der Waals surface area contributed by atoms with Gasteiger partial charge in [0.2, 0.25) is 6.33 Å². The van der Waals surface area contributed by atoms with Crippen molar-refractivity contribution < 1.29 is 36.6 Å². The summed E-state index contributed by atoms with van der Waals surface area (Å²) < 4.78 is 44.0. The first-order chi connectivity index (χ1) is 11.6. The summed E-state index contributed by atoms with van der Waals surface area (Å²) in [5.41, 5.74) is 0.745. The van der Waals surface area contributed by atoms with Crippen LogP contribution in [0.3, 0.4) is 0 Å². The standard InChI is InChI=1S/C8H8O5S.C7H11N2O2/c1-13-8(9)6-2-4-7(5-3-6)14(10,11)12;1-8-4-6(7(10)11-3)9(2)5-8/h2-5H,1H3,(H,10,11,12);4-5H,1-3H3/q;+1/p-1. The van der Waals surface area contributed by atoms with Gasteiger partial charge in [0.25, 0.3) is 5.69 Å². The molecule has 2 aromatic rings. The van der Waals surface area contributed by atoms with Crippen LogP contribution in [0.15, 0.2) is 41.7 Å². The number of hydrogen-bond acceptors (Lipinski definition) is 7. The monoisotopic (exact) mass is 370 g/mol. The van der Waals surface area contributed by atoms with E-state index in [0.29, 0.717) is 5.69 Å². The average molecular weight is 370 g/mol. The molecular formula is C15H18N2O7S. The predicted octanol–water partition coefficient (Wildman–Crippen LogP) is 0.0135. The van der Waals surface area contributed by atoms with Crippen molar-refractivity contribution in [3.63, 3.8) is 0 Å². The van der Waals surface area contributed by atoms with Crippen LogP contribution < -0.4 is 4.57 Å². The van der Waals surface area contributed by atoms with Gasteiger partial charge in [-0.1, -0.05) is 0 Å². The molecule has 0 bridgehead atoms. The van der Waals surface area contributed by atoms with Crippen molar-refractivity contribution >= 4 is 22.1 Å². The molecule has 0 N–H and O–H groups in total. The molecule has 0 radical (unpaired) electrons. The first-order valence-electron chi connectivity index (χ1n) is 6.84. The van der Waals surface area contributed by atoms with Crippen molar-refractivity contribution in [2.24, 2.45) is 14.1 Å². The molecule has 0 saturated carbocycles. The second kappa shape index (κ2) is 8.40. The van der Waals surface area contributed by atoms with E-state index in [-0.39, 0.29) is 16.4 Å². The molecule has 0 aliphatic carbocycles. The van der Waals surface area contributed by atoms with E-state index in [1.54, 1.807) is 28.7 Å². The van der Waals surface area contributed by atoms with Gasteiger partial charge in [-0.05, 0) is 24.3 Å². The van der Waals surface area contributed by atoms with Gasteiger partial charge in [-0.15, -0.1) is 0 Å². The maximum Gasteiger partial charge on any atom is 0.382 e. The number of aryl methyl sites for hydroxylation is 2. The van der Waals surface area contributed by atoms with Gasteiger partial charge in [0.1, 0.15) is 16.3 Å². The average Bonchev–Trinajstić information content (AvgIpc) is 2.91. The van der Waals surface area contributed by atoms with Crippen molar-refractivity contribution in [2.45, 2.75) is 4.90 Å². The van der Waals surface area contributed by atoms with Gasteiger partial charge in [0.15, 0.2) is 0 Å². The summed E-state index contributed by atoms with van der Waals surface area (Å²) in [6, 6.07) is 4.57. The van der Waals surface area contributed by atoms with E-state index in [4.69, 9.17) is 0 Å². The van der Waals surface area contributed by atoms with Crippen molar-refractivity contribution in [1.82, 2.24) is 4.57 Å². The highest BCUT2D eigenvalue weighted by atomic mass is 32.2. The first-order valence-corrected chi connectivity index (χ1v) is 8.25. The summed E-state index contributed by atoms with van der Waals surface area (Å²) in [6.07, 6.45) is 3.51. The molecule has 0 atom stereocenters. The number of imidazole rings is 1. The number of carbonyl (C=O) groups is 2. The molecule has 1 aromatic heterocycles. The van der Waals surface area contributed by atoms with E-state index in [2.05, 4.69) is 9.47 Å². The van der Waals surface area contributed by atoms with Crippen LogP contribution in [-0.2, 0) is 33.7 Å². The van der Waals surface area contributed by atoms with E-state index >= 15 is 0 Å². The Labute approximate surface area is 145 Å². The third kappa shape index (κ3) is 5.69. The Morgan fingerprint density at radius 1 is 1.08 bits per heavy atom. The summed E-state index contributed by atoms with van der Waals surface area (Å²) in [7, 11) is 1.78. The number of esters is 2. The van der Waals surface area contributed by atoms with Crippen LogP contribution in [0.5, 0.6) is 0 Å². The van der Waals surface area contributed by atoms with Crippen molar-refractivity contribution in [1.29, 1.82) is 0 Å². The molecule has 25 heavy (non-hydrogen) atoms. The van der Waals surface area contributed by atoms with Gasteiger partial charge in [0, 0.05) is 0 Å². The minimum Gasteiger partial charge on any atom is -0.744 e. The predicted molar refractivity (Wildman–Crippen MR) is 83.7 cm³/mol. The highest BCUT2D eigenvalue weighted by molar-refractivity contribution is 7.85. The third-order valence-corrected chi connectivity index (χ3v) is 3.87. The topological polar surface area (TPSA) is 119 Å². The van der Waals surface area contributed by atoms with E-state index in [9.17, 15) is 22.6 Å². The largest absolute Gasteiger partial charge is 0.744 e. The zero-order valence-corrected chi connectivity index (χ0v) is 14.9. The molecule has 1 aromatic carbocycles. The fourth-order valence-corrected chi connectivity index (χ4v) is 2.30. The van der Waals surface area contributed by atoms with Crippen LogP contribution in [0.4, 0.5) is 0 Å². The van der Waals surface area contributed by atoms with E-state index in [1.807, 2.05) is 7.05 Å². The highest BCUT2D eigenvalue weighted by Gasteiger charge is 2.16. The van der Waals surface area contributed by atoms with Crippen LogP contribution in [0.1, 0.15) is 20.8 Å². The molecule has 0 unspecified atom stereocenters.